The number of fused-ring (bicyclic) bond motifs is 4. The molecule has 0 fully saturated rings. The molecule has 152 valence electrons. The van der Waals surface area contributed by atoms with E-state index in [1.807, 2.05) is 42.5 Å². The molecule has 0 saturated carbocycles. The van der Waals surface area contributed by atoms with Crippen molar-refractivity contribution in [3.05, 3.63) is 60.3 Å². The molecule has 0 N–H and O–H groups in total. The standard InChI is InChI=1S/C23H18F3N3O/c1-22(2,3)29-17-10-5-4-9-16(17)27-20(29)15-8-6-7-13-14-11-12-18(23(24,25)26)28-21(14)30-19(13)15/h4-12H,1-3H3. The number of hydrogen-bond acceptors (Lipinski definition) is 3. The molecule has 4 nitrogen and oxygen atoms in total. The fraction of sp³-hybridized carbons (Fsp3) is 0.217. The molecule has 0 radical (unpaired) electrons. The first-order valence-electron chi connectivity index (χ1n) is 9.52. The van der Waals surface area contributed by atoms with E-state index in [0.29, 0.717) is 27.7 Å². The van der Waals surface area contributed by atoms with Gasteiger partial charge < -0.3 is 8.98 Å². The van der Waals surface area contributed by atoms with Crippen LogP contribution in [-0.2, 0) is 11.7 Å². The molecule has 0 bridgehead atoms. The minimum Gasteiger partial charge on any atom is -0.437 e. The van der Waals surface area contributed by atoms with Crippen molar-refractivity contribution in [1.82, 2.24) is 14.5 Å². The van der Waals surface area contributed by atoms with E-state index in [-0.39, 0.29) is 11.3 Å². The van der Waals surface area contributed by atoms with Gasteiger partial charge in [0.05, 0.1) is 16.6 Å². The maximum atomic E-state index is 13.1. The normalized spacial score (nSPS) is 13.0. The van der Waals surface area contributed by atoms with E-state index in [2.05, 4.69) is 30.3 Å². The molecular formula is C23H18F3N3O. The lowest BCUT2D eigenvalue weighted by atomic mass is 10.1. The number of para-hydroxylation sites is 3. The first-order valence-corrected chi connectivity index (χ1v) is 9.52. The molecule has 0 atom stereocenters. The molecule has 0 amide bonds. The summed E-state index contributed by atoms with van der Waals surface area (Å²) in [5, 5.41) is 1.24. The van der Waals surface area contributed by atoms with Crippen LogP contribution in [0.1, 0.15) is 26.5 Å². The van der Waals surface area contributed by atoms with E-state index in [1.165, 1.54) is 6.07 Å². The number of aromatic nitrogens is 3. The Morgan fingerprint density at radius 1 is 0.833 bits per heavy atom. The maximum absolute atomic E-state index is 13.1. The average molecular weight is 409 g/mol. The van der Waals surface area contributed by atoms with Crippen LogP contribution in [0, 0.1) is 0 Å². The molecule has 0 aliphatic carbocycles. The van der Waals surface area contributed by atoms with Crippen LogP contribution in [0.4, 0.5) is 13.2 Å². The fourth-order valence-electron chi connectivity index (χ4n) is 3.90. The maximum Gasteiger partial charge on any atom is 0.433 e. The molecule has 5 aromatic rings. The summed E-state index contributed by atoms with van der Waals surface area (Å²) in [7, 11) is 0. The van der Waals surface area contributed by atoms with Crippen molar-refractivity contribution >= 4 is 33.1 Å². The monoisotopic (exact) mass is 409 g/mol. The van der Waals surface area contributed by atoms with Crippen LogP contribution in [-0.4, -0.2) is 14.5 Å². The summed E-state index contributed by atoms with van der Waals surface area (Å²) in [4.78, 5) is 8.54. The highest BCUT2D eigenvalue weighted by atomic mass is 19.4. The second kappa shape index (κ2) is 6.08. The number of halogens is 3. The number of pyridine rings is 1. The highest BCUT2D eigenvalue weighted by Crippen LogP contribution is 2.39. The lowest BCUT2D eigenvalue weighted by Gasteiger charge is -2.24. The van der Waals surface area contributed by atoms with Gasteiger partial charge in [0.15, 0.2) is 0 Å². The molecule has 30 heavy (non-hydrogen) atoms. The van der Waals surface area contributed by atoms with Crippen LogP contribution in [0.15, 0.2) is 59.0 Å². The number of nitrogens with zero attached hydrogens (tertiary/aromatic N) is 3. The Labute approximate surface area is 170 Å². The second-order valence-corrected chi connectivity index (χ2v) is 8.26. The van der Waals surface area contributed by atoms with Crippen LogP contribution < -0.4 is 0 Å². The zero-order chi connectivity index (χ0) is 21.3. The lowest BCUT2D eigenvalue weighted by Crippen LogP contribution is -2.22. The smallest absolute Gasteiger partial charge is 0.433 e. The van der Waals surface area contributed by atoms with Crippen molar-refractivity contribution in [2.75, 3.05) is 0 Å². The van der Waals surface area contributed by atoms with Gasteiger partial charge in [-0.1, -0.05) is 24.3 Å². The Balaban J connectivity index is 1.84. The van der Waals surface area contributed by atoms with Crippen molar-refractivity contribution < 1.29 is 17.6 Å². The lowest BCUT2D eigenvalue weighted by molar-refractivity contribution is -0.141. The van der Waals surface area contributed by atoms with Crippen molar-refractivity contribution in [3.8, 4) is 11.4 Å². The van der Waals surface area contributed by atoms with Gasteiger partial charge in [0.1, 0.15) is 17.1 Å². The Morgan fingerprint density at radius 2 is 1.60 bits per heavy atom. The van der Waals surface area contributed by atoms with Crippen LogP contribution in [0.2, 0.25) is 0 Å². The van der Waals surface area contributed by atoms with E-state index >= 15 is 0 Å². The van der Waals surface area contributed by atoms with Crippen LogP contribution in [0.25, 0.3) is 44.5 Å². The van der Waals surface area contributed by atoms with E-state index in [1.54, 1.807) is 0 Å². The molecular weight excluding hydrogens is 391 g/mol. The van der Waals surface area contributed by atoms with Gasteiger partial charge in [-0.05, 0) is 51.1 Å². The van der Waals surface area contributed by atoms with E-state index < -0.39 is 11.9 Å². The third-order valence-corrected chi connectivity index (χ3v) is 5.13. The molecule has 0 spiro atoms. The summed E-state index contributed by atoms with van der Waals surface area (Å²) >= 11 is 0. The number of furan rings is 1. The largest absolute Gasteiger partial charge is 0.437 e. The minimum absolute atomic E-state index is 0.0364. The van der Waals surface area contributed by atoms with Gasteiger partial charge in [-0.2, -0.15) is 13.2 Å². The minimum atomic E-state index is -4.53. The molecule has 0 aliphatic heterocycles. The Hall–Kier alpha value is -3.35. The summed E-state index contributed by atoms with van der Waals surface area (Å²) in [5.74, 6) is 0.699. The number of alkyl halides is 3. The molecule has 2 aromatic carbocycles. The summed E-state index contributed by atoms with van der Waals surface area (Å²) in [6.07, 6.45) is -4.53. The molecule has 0 saturated heterocycles. The molecule has 0 unspecified atom stereocenters. The third-order valence-electron chi connectivity index (χ3n) is 5.13. The van der Waals surface area contributed by atoms with Gasteiger partial charge in [0.25, 0.3) is 0 Å². The van der Waals surface area contributed by atoms with Gasteiger partial charge in [0, 0.05) is 16.3 Å². The summed E-state index contributed by atoms with van der Waals surface area (Å²) in [5.41, 5.74) is 1.72. The molecule has 3 heterocycles. The SMILES string of the molecule is CC(C)(C)n1c(-c2cccc3c2oc2nc(C(F)(F)F)ccc23)nc2ccccc21. The van der Waals surface area contributed by atoms with Crippen LogP contribution in [0.3, 0.4) is 0 Å². The average Bonchev–Trinajstić information content (AvgIpc) is 3.24. The molecule has 3 aromatic heterocycles. The Bertz CT molecular complexity index is 1420. The van der Waals surface area contributed by atoms with E-state index in [9.17, 15) is 13.2 Å². The Kier molecular flexibility index (Phi) is 3.78. The highest BCUT2D eigenvalue weighted by Gasteiger charge is 2.33. The first-order chi connectivity index (χ1) is 14.1. The first kappa shape index (κ1) is 18.7. The van der Waals surface area contributed by atoms with Gasteiger partial charge in [-0.25, -0.2) is 9.97 Å². The Morgan fingerprint density at radius 3 is 2.33 bits per heavy atom. The predicted molar refractivity (Wildman–Crippen MR) is 110 cm³/mol. The zero-order valence-corrected chi connectivity index (χ0v) is 16.6. The van der Waals surface area contributed by atoms with E-state index in [4.69, 9.17) is 9.40 Å². The number of rotatable bonds is 1. The van der Waals surface area contributed by atoms with Crippen LogP contribution in [0.5, 0.6) is 0 Å². The molecule has 7 heteroatoms. The molecule has 5 rings (SSSR count). The number of imidazole rings is 1. The summed E-state index contributed by atoms with van der Waals surface area (Å²) in [6, 6.07) is 15.8. The topological polar surface area (TPSA) is 43.9 Å². The fourth-order valence-corrected chi connectivity index (χ4v) is 3.90. The van der Waals surface area contributed by atoms with Crippen molar-refractivity contribution in [2.45, 2.75) is 32.5 Å². The van der Waals surface area contributed by atoms with Gasteiger partial charge >= 0.3 is 6.18 Å². The zero-order valence-electron chi connectivity index (χ0n) is 16.6. The summed E-state index contributed by atoms with van der Waals surface area (Å²) in [6.45, 7) is 6.25. The van der Waals surface area contributed by atoms with Gasteiger partial charge in [-0.3, -0.25) is 0 Å². The predicted octanol–water partition coefficient (Wildman–Crippen LogP) is 6.77. The summed E-state index contributed by atoms with van der Waals surface area (Å²) < 4.78 is 47.3. The highest BCUT2D eigenvalue weighted by molar-refractivity contribution is 6.08. The van der Waals surface area contributed by atoms with E-state index in [0.717, 1.165) is 17.1 Å². The van der Waals surface area contributed by atoms with Crippen molar-refractivity contribution in [3.63, 3.8) is 0 Å². The quantitative estimate of drug-likeness (QED) is 0.307. The van der Waals surface area contributed by atoms with Crippen molar-refractivity contribution in [2.24, 2.45) is 0 Å². The third kappa shape index (κ3) is 2.76. The van der Waals surface area contributed by atoms with Gasteiger partial charge in [0.2, 0.25) is 5.71 Å². The molecule has 0 aliphatic rings. The van der Waals surface area contributed by atoms with Crippen LogP contribution >= 0.6 is 0 Å². The second-order valence-electron chi connectivity index (χ2n) is 8.26. The number of benzene rings is 2. The van der Waals surface area contributed by atoms with Gasteiger partial charge in [-0.15, -0.1) is 0 Å². The number of hydrogen-bond donors (Lipinski definition) is 0. The van der Waals surface area contributed by atoms with Crippen molar-refractivity contribution in [1.29, 1.82) is 0 Å².